The summed E-state index contributed by atoms with van der Waals surface area (Å²) in [5.74, 6) is 0.273. The lowest BCUT2D eigenvalue weighted by atomic mass is 9.95. The lowest BCUT2D eigenvalue weighted by molar-refractivity contribution is -0.690. The molecule has 1 aromatic rings. The molecule has 1 saturated carbocycles. The highest BCUT2D eigenvalue weighted by Crippen LogP contribution is 2.14. The van der Waals surface area contributed by atoms with Crippen molar-refractivity contribution in [2.45, 2.75) is 38.1 Å². The molecule has 0 saturated heterocycles. The molecule has 1 aliphatic rings. The second-order valence-corrected chi connectivity index (χ2v) is 4.66. The Morgan fingerprint density at radius 3 is 2.94 bits per heavy atom. The van der Waals surface area contributed by atoms with Crippen molar-refractivity contribution in [3.63, 3.8) is 0 Å². The van der Waals surface area contributed by atoms with E-state index in [0.29, 0.717) is 12.3 Å². The van der Waals surface area contributed by atoms with Crippen molar-refractivity contribution < 1.29 is 14.5 Å². The smallest absolute Gasteiger partial charge is 0.287 e. The third-order valence-corrected chi connectivity index (χ3v) is 3.32. The molecular weight excluding hydrogens is 216 g/mol. The molecule has 1 fully saturated rings. The molecular formula is C13H21N2O2+. The van der Waals surface area contributed by atoms with Gasteiger partial charge in [0.25, 0.3) is 5.91 Å². The molecule has 3 N–H and O–H groups in total. The first-order chi connectivity index (χ1) is 8.36. The third-order valence-electron chi connectivity index (χ3n) is 3.32. The average molecular weight is 237 g/mol. The fraction of sp³-hybridized carbons (Fsp3) is 0.615. The molecule has 1 amide bonds. The monoisotopic (exact) mass is 237 g/mol. The fourth-order valence-electron chi connectivity index (χ4n) is 2.37. The largest absolute Gasteiger partial charge is 0.459 e. The summed E-state index contributed by atoms with van der Waals surface area (Å²) in [6.07, 6.45) is 8.28. The molecule has 4 heteroatoms. The van der Waals surface area contributed by atoms with Gasteiger partial charge in [0.1, 0.15) is 0 Å². The lowest BCUT2D eigenvalue weighted by Crippen LogP contribution is -2.91. The van der Waals surface area contributed by atoms with Crippen LogP contribution in [0.4, 0.5) is 0 Å². The van der Waals surface area contributed by atoms with E-state index in [4.69, 9.17) is 4.42 Å². The first kappa shape index (κ1) is 12.2. The average Bonchev–Trinajstić information content (AvgIpc) is 2.89. The summed E-state index contributed by atoms with van der Waals surface area (Å²) in [5.41, 5.74) is 0. The second-order valence-electron chi connectivity index (χ2n) is 4.66. The summed E-state index contributed by atoms with van der Waals surface area (Å²) < 4.78 is 5.02. The maximum Gasteiger partial charge on any atom is 0.287 e. The van der Waals surface area contributed by atoms with E-state index >= 15 is 0 Å². The fourth-order valence-corrected chi connectivity index (χ4v) is 2.37. The Morgan fingerprint density at radius 2 is 2.24 bits per heavy atom. The van der Waals surface area contributed by atoms with Gasteiger partial charge in [-0.25, -0.2) is 0 Å². The first-order valence-corrected chi connectivity index (χ1v) is 6.51. The Labute approximate surface area is 102 Å². The van der Waals surface area contributed by atoms with Crippen molar-refractivity contribution in [2.75, 3.05) is 13.1 Å². The molecule has 0 aromatic carbocycles. The van der Waals surface area contributed by atoms with Crippen LogP contribution in [0.25, 0.3) is 0 Å². The van der Waals surface area contributed by atoms with Gasteiger partial charge in [-0.15, -0.1) is 0 Å². The number of quaternary nitrogens is 1. The molecule has 0 unspecified atom stereocenters. The minimum atomic E-state index is -0.118. The van der Waals surface area contributed by atoms with Gasteiger partial charge in [0, 0.05) is 0 Å². The third kappa shape index (κ3) is 3.89. The zero-order valence-electron chi connectivity index (χ0n) is 10.2. The summed E-state index contributed by atoms with van der Waals surface area (Å²) in [4.78, 5) is 11.5. The van der Waals surface area contributed by atoms with Gasteiger partial charge in [-0.2, -0.15) is 0 Å². The van der Waals surface area contributed by atoms with Crippen LogP contribution < -0.4 is 10.6 Å². The van der Waals surface area contributed by atoms with Crippen molar-refractivity contribution in [3.05, 3.63) is 24.2 Å². The van der Waals surface area contributed by atoms with E-state index in [1.165, 1.54) is 38.4 Å². The van der Waals surface area contributed by atoms with Crippen molar-refractivity contribution in [3.8, 4) is 0 Å². The van der Waals surface area contributed by atoms with Crippen molar-refractivity contribution in [1.29, 1.82) is 0 Å². The summed E-state index contributed by atoms with van der Waals surface area (Å²) in [6.45, 7) is 1.66. The number of carbonyl (C=O) groups excluding carboxylic acids is 1. The van der Waals surface area contributed by atoms with Crippen LogP contribution in [0, 0.1) is 0 Å². The van der Waals surface area contributed by atoms with E-state index in [-0.39, 0.29) is 5.91 Å². The summed E-state index contributed by atoms with van der Waals surface area (Å²) in [7, 11) is 0. The highest BCUT2D eigenvalue weighted by atomic mass is 16.3. The summed E-state index contributed by atoms with van der Waals surface area (Å²) in [5, 5.41) is 5.22. The number of hydrogen-bond donors (Lipinski definition) is 2. The van der Waals surface area contributed by atoms with Gasteiger partial charge in [-0.1, -0.05) is 6.42 Å². The standard InChI is InChI=1S/C13H20N2O2/c16-13(12-7-4-10-17-12)15-9-8-14-11-5-2-1-3-6-11/h4,7,10-11,14H,1-3,5-6,8-9H2,(H,15,16)/p+1. The number of furan rings is 1. The quantitative estimate of drug-likeness (QED) is 0.748. The molecule has 17 heavy (non-hydrogen) atoms. The van der Waals surface area contributed by atoms with E-state index in [1.54, 1.807) is 12.1 Å². The highest BCUT2D eigenvalue weighted by molar-refractivity contribution is 5.91. The summed E-state index contributed by atoms with van der Waals surface area (Å²) in [6, 6.07) is 4.17. The Balaban J connectivity index is 1.58. The van der Waals surface area contributed by atoms with E-state index in [9.17, 15) is 4.79 Å². The molecule has 2 rings (SSSR count). The zero-order chi connectivity index (χ0) is 11.9. The maximum absolute atomic E-state index is 11.5. The van der Waals surface area contributed by atoms with Gasteiger partial charge >= 0.3 is 0 Å². The maximum atomic E-state index is 11.5. The van der Waals surface area contributed by atoms with Crippen molar-refractivity contribution in [2.24, 2.45) is 0 Å². The lowest BCUT2D eigenvalue weighted by Gasteiger charge is -2.19. The highest BCUT2D eigenvalue weighted by Gasteiger charge is 2.15. The van der Waals surface area contributed by atoms with Crippen LogP contribution in [0.15, 0.2) is 22.8 Å². The van der Waals surface area contributed by atoms with Gasteiger partial charge in [0.15, 0.2) is 5.76 Å². The Kier molecular flexibility index (Phi) is 4.62. The molecule has 0 aliphatic heterocycles. The van der Waals surface area contributed by atoms with Crippen LogP contribution in [0.3, 0.4) is 0 Å². The molecule has 1 aromatic heterocycles. The topological polar surface area (TPSA) is 58.9 Å². The number of amides is 1. The number of rotatable bonds is 5. The van der Waals surface area contributed by atoms with Gasteiger partial charge in [-0.3, -0.25) is 4.79 Å². The van der Waals surface area contributed by atoms with Crippen molar-refractivity contribution >= 4 is 5.91 Å². The molecule has 0 bridgehead atoms. The molecule has 0 radical (unpaired) electrons. The van der Waals surface area contributed by atoms with E-state index in [0.717, 1.165) is 12.6 Å². The Hall–Kier alpha value is -1.29. The number of nitrogens with one attached hydrogen (secondary N) is 1. The second kappa shape index (κ2) is 6.45. The van der Waals surface area contributed by atoms with Crippen LogP contribution in [0.5, 0.6) is 0 Å². The van der Waals surface area contributed by atoms with Crippen LogP contribution in [0.2, 0.25) is 0 Å². The first-order valence-electron chi connectivity index (χ1n) is 6.51. The minimum absolute atomic E-state index is 0.118. The molecule has 1 aliphatic carbocycles. The zero-order valence-corrected chi connectivity index (χ0v) is 10.2. The SMILES string of the molecule is O=C(NCC[NH2+]C1CCCCC1)c1ccco1. The van der Waals surface area contributed by atoms with Crippen LogP contribution in [0.1, 0.15) is 42.7 Å². The normalized spacial score (nSPS) is 16.9. The predicted octanol–water partition coefficient (Wildman–Crippen LogP) is 0.905. The minimum Gasteiger partial charge on any atom is -0.459 e. The van der Waals surface area contributed by atoms with E-state index < -0.39 is 0 Å². The van der Waals surface area contributed by atoms with Gasteiger partial charge in [0.2, 0.25) is 0 Å². The number of nitrogens with two attached hydrogens (primary N) is 1. The number of hydrogen-bond acceptors (Lipinski definition) is 2. The molecule has 1 heterocycles. The Morgan fingerprint density at radius 1 is 1.41 bits per heavy atom. The van der Waals surface area contributed by atoms with Crippen LogP contribution >= 0.6 is 0 Å². The van der Waals surface area contributed by atoms with Crippen molar-refractivity contribution in [1.82, 2.24) is 5.32 Å². The van der Waals surface area contributed by atoms with E-state index in [1.807, 2.05) is 0 Å². The van der Waals surface area contributed by atoms with Gasteiger partial charge in [-0.05, 0) is 37.8 Å². The van der Waals surface area contributed by atoms with Crippen LogP contribution in [-0.4, -0.2) is 25.0 Å². The molecule has 0 atom stereocenters. The Bertz CT molecular complexity index is 329. The van der Waals surface area contributed by atoms with E-state index in [2.05, 4.69) is 10.6 Å². The molecule has 0 spiro atoms. The number of carbonyl (C=O) groups is 1. The molecule has 94 valence electrons. The summed E-state index contributed by atoms with van der Waals surface area (Å²) >= 11 is 0. The molecule has 4 nitrogen and oxygen atoms in total. The van der Waals surface area contributed by atoms with Crippen LogP contribution in [-0.2, 0) is 0 Å². The van der Waals surface area contributed by atoms with Gasteiger partial charge in [0.05, 0.1) is 25.4 Å². The predicted molar refractivity (Wildman–Crippen MR) is 64.7 cm³/mol. The van der Waals surface area contributed by atoms with Gasteiger partial charge < -0.3 is 15.1 Å².